The van der Waals surface area contributed by atoms with E-state index in [1.165, 1.54) is 18.4 Å². The Morgan fingerprint density at radius 3 is 2.53 bits per heavy atom. The molecule has 2 bridgehead atoms. The number of nitrogens with zero attached hydrogens (tertiary/aromatic N) is 2. The molecule has 0 aromatic heterocycles. The van der Waals surface area contributed by atoms with Crippen LogP contribution in [-0.2, 0) is 44.7 Å². The zero-order valence-electron chi connectivity index (χ0n) is 33.7. The van der Waals surface area contributed by atoms with Crippen molar-refractivity contribution in [2.75, 3.05) is 19.7 Å². The number of fused-ring (bicyclic) bond motifs is 6. The highest BCUT2D eigenvalue weighted by atomic mass is 16.8. The summed E-state index contributed by atoms with van der Waals surface area (Å²) < 4.78 is 26.5. The maximum Gasteiger partial charge on any atom is 0.327 e. The first-order chi connectivity index (χ1) is 27.4. The highest BCUT2D eigenvalue weighted by Gasteiger charge is 2.78. The van der Waals surface area contributed by atoms with Crippen LogP contribution in [0.5, 0.6) is 0 Å². The first-order valence-corrected chi connectivity index (χ1v) is 22.1. The molecule has 5 saturated heterocycles. The Morgan fingerprint density at radius 1 is 0.982 bits per heavy atom. The van der Waals surface area contributed by atoms with Gasteiger partial charge in [-0.15, -0.1) is 0 Å². The number of hydroxylamine groups is 2. The van der Waals surface area contributed by atoms with Gasteiger partial charge in [-0.05, 0) is 106 Å². The molecule has 1 unspecified atom stereocenters. The van der Waals surface area contributed by atoms with Crippen molar-refractivity contribution in [3.05, 3.63) is 41.0 Å². The van der Waals surface area contributed by atoms with Crippen LogP contribution in [0, 0.1) is 34.5 Å². The fourth-order valence-electron chi connectivity index (χ4n) is 12.9. The monoisotopic (exact) mass is 785 g/mol. The number of benzene rings is 1. The van der Waals surface area contributed by atoms with E-state index in [0.29, 0.717) is 42.7 Å². The molecule has 5 aliphatic carbocycles. The number of ether oxygens (including phenoxy) is 4. The lowest BCUT2D eigenvalue weighted by atomic mass is 9.52. The molecule has 10 fully saturated rings. The van der Waals surface area contributed by atoms with Crippen LogP contribution in [0.25, 0.3) is 6.08 Å². The number of carbonyl (C=O) groups excluding carboxylic acids is 3. The molecule has 5 aliphatic heterocycles. The fraction of sp³-hybridized carbons (Fsp3) is 0.756. The van der Waals surface area contributed by atoms with Crippen molar-refractivity contribution in [3.8, 4) is 0 Å². The zero-order valence-corrected chi connectivity index (χ0v) is 33.7. The van der Waals surface area contributed by atoms with Gasteiger partial charge in [0.15, 0.2) is 11.8 Å². The number of allylic oxidation sites excluding steroid dienone is 1. The van der Waals surface area contributed by atoms with Crippen molar-refractivity contribution in [2.24, 2.45) is 34.5 Å². The number of nitrogens with one attached hydrogen (secondary N) is 1. The molecule has 1 aromatic carbocycles. The summed E-state index contributed by atoms with van der Waals surface area (Å²) >= 11 is 0. The minimum atomic E-state index is -1.32. The number of aliphatic hydroxyl groups excluding tert-OH is 1. The maximum atomic E-state index is 15.3. The van der Waals surface area contributed by atoms with Crippen LogP contribution in [0.1, 0.15) is 109 Å². The maximum absolute atomic E-state index is 15.3. The van der Waals surface area contributed by atoms with Crippen LogP contribution in [-0.4, -0.2) is 107 Å². The van der Waals surface area contributed by atoms with Gasteiger partial charge >= 0.3 is 5.97 Å². The summed E-state index contributed by atoms with van der Waals surface area (Å²) in [7, 11) is 0. The average Bonchev–Trinajstić information content (AvgIpc) is 4.15. The minimum Gasteiger partial charge on any atom is -0.458 e. The molecular formula is C45H59N3O9. The normalized spacial score (nSPS) is 43.2. The van der Waals surface area contributed by atoms with Crippen LogP contribution < -0.4 is 5.32 Å². The van der Waals surface area contributed by atoms with Crippen molar-refractivity contribution in [3.63, 3.8) is 0 Å². The van der Waals surface area contributed by atoms with Crippen molar-refractivity contribution >= 4 is 23.9 Å². The first kappa shape index (κ1) is 37.2. The van der Waals surface area contributed by atoms with Gasteiger partial charge in [-0.1, -0.05) is 49.8 Å². The molecule has 11 rings (SSSR count). The number of likely N-dealkylation sites (tertiary alicyclic amines) is 1. The summed E-state index contributed by atoms with van der Waals surface area (Å²) in [6.45, 7) is 7.72. The standard InChI is InChI=1S/C45H59N3O9/c1-42(2)22-30-27(9-14-34-43(3,54-34)16-15-31(30)42)21-25-6-4-7-26(20-25)24-48-37-40(51)53-33-23-44(37,41(52)47-18-5-8-32(47)39(50)46-17-19-49)38(57-48)36-35(33)55-45(56-36,28-10-11-28)29-12-13-29/h4,6-7,20-21,28-38,49H,5,8-19,22-24H2,1-3H3,(H,46,50)/t30-,31-,32-,33-,34?,35+,36+,37+,38-,43-,44+/m1/s1. The molecule has 1 aromatic rings. The molecular weight excluding hydrogens is 727 g/mol. The smallest absolute Gasteiger partial charge is 0.327 e. The van der Waals surface area contributed by atoms with Crippen LogP contribution in [0.4, 0.5) is 0 Å². The zero-order chi connectivity index (χ0) is 39.1. The lowest BCUT2D eigenvalue weighted by Crippen LogP contribution is -2.70. The molecule has 11 atom stereocenters. The summed E-state index contributed by atoms with van der Waals surface area (Å²) in [5.74, 6) is 0.00578. The van der Waals surface area contributed by atoms with Crippen LogP contribution >= 0.6 is 0 Å². The molecule has 12 heteroatoms. The molecule has 0 radical (unpaired) electrons. The molecule has 2 amide bonds. The summed E-state index contributed by atoms with van der Waals surface area (Å²) in [6, 6.07) is 6.78. The van der Waals surface area contributed by atoms with Crippen LogP contribution in [0.2, 0.25) is 0 Å². The van der Waals surface area contributed by atoms with Crippen molar-refractivity contribution in [1.82, 2.24) is 15.3 Å². The van der Waals surface area contributed by atoms with E-state index in [4.69, 9.17) is 23.8 Å². The number of carbonyl (C=O) groups is 3. The summed E-state index contributed by atoms with van der Waals surface area (Å²) in [6.07, 6.45) is 11.3. The van der Waals surface area contributed by atoms with Gasteiger partial charge in [-0.3, -0.25) is 19.2 Å². The van der Waals surface area contributed by atoms with Crippen molar-refractivity contribution < 1.29 is 43.3 Å². The predicted octanol–water partition coefficient (Wildman–Crippen LogP) is 4.66. The third kappa shape index (κ3) is 5.77. The van der Waals surface area contributed by atoms with Gasteiger partial charge in [-0.25, -0.2) is 0 Å². The third-order valence-corrected chi connectivity index (χ3v) is 16.1. The van der Waals surface area contributed by atoms with Gasteiger partial charge in [-0.2, -0.15) is 5.06 Å². The van der Waals surface area contributed by atoms with E-state index in [2.05, 4.69) is 56.4 Å². The van der Waals surface area contributed by atoms with E-state index in [9.17, 15) is 14.7 Å². The van der Waals surface area contributed by atoms with Gasteiger partial charge in [0.2, 0.25) is 11.8 Å². The van der Waals surface area contributed by atoms with Gasteiger partial charge in [0, 0.05) is 31.3 Å². The van der Waals surface area contributed by atoms with Crippen LogP contribution in [0.15, 0.2) is 29.8 Å². The quantitative estimate of drug-likeness (QED) is 0.269. The molecule has 57 heavy (non-hydrogen) atoms. The second-order valence-corrected chi connectivity index (χ2v) is 20.2. The van der Waals surface area contributed by atoms with Gasteiger partial charge in [0.05, 0.1) is 24.9 Å². The Balaban J connectivity index is 0.920. The average molecular weight is 786 g/mol. The van der Waals surface area contributed by atoms with Gasteiger partial charge < -0.3 is 34.3 Å². The second kappa shape index (κ2) is 13.1. The lowest BCUT2D eigenvalue weighted by molar-refractivity contribution is -0.235. The molecule has 2 N–H and O–H groups in total. The number of esters is 1. The van der Waals surface area contributed by atoms with E-state index in [1.807, 2.05) is 0 Å². The molecule has 12 nitrogen and oxygen atoms in total. The highest BCUT2D eigenvalue weighted by Crippen LogP contribution is 2.64. The molecule has 0 spiro atoms. The topological polar surface area (TPSA) is 139 Å². The Kier molecular flexibility index (Phi) is 8.51. The van der Waals surface area contributed by atoms with Gasteiger partial charge in [0.1, 0.15) is 35.9 Å². The largest absolute Gasteiger partial charge is 0.458 e. The fourth-order valence-corrected chi connectivity index (χ4v) is 12.9. The molecule has 5 saturated carbocycles. The molecule has 10 aliphatic rings. The number of hydrogen-bond acceptors (Lipinski definition) is 10. The first-order valence-electron chi connectivity index (χ1n) is 22.1. The number of epoxide rings is 1. The minimum absolute atomic E-state index is 0.0342. The second-order valence-electron chi connectivity index (χ2n) is 20.2. The number of hydrogen-bond donors (Lipinski definition) is 2. The summed E-state index contributed by atoms with van der Waals surface area (Å²) in [5, 5.41) is 13.9. The summed E-state index contributed by atoms with van der Waals surface area (Å²) in [4.78, 5) is 51.8. The number of amides is 2. The third-order valence-electron chi connectivity index (χ3n) is 16.1. The molecule has 5 heterocycles. The van der Waals surface area contributed by atoms with Gasteiger partial charge in [0.25, 0.3) is 0 Å². The highest BCUT2D eigenvalue weighted by molar-refractivity contribution is 5.96. The number of rotatable bonds is 9. The Labute approximate surface area is 335 Å². The summed E-state index contributed by atoms with van der Waals surface area (Å²) in [5.41, 5.74) is 2.64. The SMILES string of the molecule is CC1(C)C[C@@H]2C(=Cc3cccc(CN4O[C@@H]5[C@H]6OC(C7CC7)(C7CC7)O[C@H]6[C@H]6C[C@]5(C(=O)N5CCC[C@@H]5C(=O)NCCO)[C@@H]4C(=O)O6)c3)CCC3O[C@]3(C)CC[C@H]21. The van der Waals surface area contributed by atoms with Crippen LogP contribution in [0.3, 0.4) is 0 Å². The predicted molar refractivity (Wildman–Crippen MR) is 205 cm³/mol. The molecule has 308 valence electrons. The van der Waals surface area contributed by atoms with E-state index in [0.717, 1.165) is 56.1 Å². The Hall–Kier alpha value is -2.87. The van der Waals surface area contributed by atoms with E-state index >= 15 is 4.79 Å². The van der Waals surface area contributed by atoms with Crippen molar-refractivity contribution in [1.29, 1.82) is 0 Å². The number of aliphatic hydroxyl groups is 1. The van der Waals surface area contributed by atoms with E-state index in [1.54, 1.807) is 9.96 Å². The lowest BCUT2D eigenvalue weighted by Gasteiger charge is -2.53. The van der Waals surface area contributed by atoms with E-state index < -0.39 is 53.7 Å². The van der Waals surface area contributed by atoms with E-state index in [-0.39, 0.29) is 55.4 Å². The van der Waals surface area contributed by atoms with Crippen molar-refractivity contribution in [2.45, 2.75) is 158 Å². The Bertz CT molecular complexity index is 1860. The Morgan fingerprint density at radius 2 is 1.77 bits per heavy atom.